The van der Waals surface area contributed by atoms with Gasteiger partial charge < -0.3 is 10.4 Å². The maximum Gasteiger partial charge on any atom is 0.220 e. The number of rotatable bonds is 6. The van der Waals surface area contributed by atoms with Crippen LogP contribution in [-0.4, -0.2) is 17.6 Å². The number of halogens is 2. The highest BCUT2D eigenvalue weighted by atomic mass is 19.1. The lowest BCUT2D eigenvalue weighted by Crippen LogP contribution is -2.29. The summed E-state index contributed by atoms with van der Waals surface area (Å²) in [6.07, 6.45) is 2.23. The summed E-state index contributed by atoms with van der Waals surface area (Å²) in [6, 6.07) is 3.39. The average Bonchev–Trinajstić information content (AvgIpc) is 3.17. The molecule has 19 heavy (non-hydrogen) atoms. The molecule has 104 valence electrons. The van der Waals surface area contributed by atoms with Gasteiger partial charge in [-0.3, -0.25) is 4.79 Å². The molecule has 3 nitrogen and oxygen atoms in total. The molecule has 1 aromatic rings. The first-order chi connectivity index (χ1) is 9.08. The summed E-state index contributed by atoms with van der Waals surface area (Å²) in [4.78, 5) is 11.5. The van der Waals surface area contributed by atoms with Crippen LogP contribution < -0.4 is 5.32 Å². The summed E-state index contributed by atoms with van der Waals surface area (Å²) in [6.45, 7) is -0.179. The first-order valence-corrected chi connectivity index (χ1v) is 6.46. The van der Waals surface area contributed by atoms with Crippen molar-refractivity contribution in [3.63, 3.8) is 0 Å². The molecule has 1 fully saturated rings. The number of nitrogens with one attached hydrogen (secondary N) is 1. The highest BCUT2D eigenvalue weighted by molar-refractivity contribution is 5.75. The molecule has 0 heterocycles. The Morgan fingerprint density at radius 2 is 2.00 bits per heavy atom. The summed E-state index contributed by atoms with van der Waals surface area (Å²) in [5.41, 5.74) is -0.398. The number of hydrogen-bond acceptors (Lipinski definition) is 2. The largest absolute Gasteiger partial charge is 0.386 e. The maximum absolute atomic E-state index is 13.4. The van der Waals surface area contributed by atoms with Gasteiger partial charge in [0.05, 0.1) is 5.56 Å². The summed E-state index contributed by atoms with van der Waals surface area (Å²) >= 11 is 0. The second-order valence-electron chi connectivity index (χ2n) is 4.94. The molecule has 1 aliphatic rings. The third-order valence-corrected chi connectivity index (χ3v) is 3.30. The monoisotopic (exact) mass is 269 g/mol. The fraction of sp³-hybridized carbons (Fsp3) is 0.500. The summed E-state index contributed by atoms with van der Waals surface area (Å²) in [7, 11) is 0. The van der Waals surface area contributed by atoms with Gasteiger partial charge in [0.25, 0.3) is 0 Å². The number of carbonyl (C=O) groups excluding carboxylic acids is 1. The molecule has 0 spiro atoms. The molecule has 1 atom stereocenters. The van der Waals surface area contributed by atoms with Gasteiger partial charge in [0.15, 0.2) is 0 Å². The number of carbonyl (C=O) groups is 1. The quantitative estimate of drug-likeness (QED) is 0.832. The van der Waals surface area contributed by atoms with Crippen LogP contribution in [0.4, 0.5) is 8.78 Å². The minimum atomic E-state index is -1.37. The van der Waals surface area contributed by atoms with Gasteiger partial charge in [-0.2, -0.15) is 0 Å². The van der Waals surface area contributed by atoms with E-state index in [1.54, 1.807) is 0 Å². The molecule has 0 radical (unpaired) electrons. The van der Waals surface area contributed by atoms with E-state index in [-0.39, 0.29) is 12.5 Å². The first-order valence-electron chi connectivity index (χ1n) is 6.46. The van der Waals surface area contributed by atoms with Crippen LogP contribution in [0.3, 0.4) is 0 Å². The van der Waals surface area contributed by atoms with Gasteiger partial charge in [0.1, 0.15) is 17.7 Å². The van der Waals surface area contributed by atoms with E-state index in [2.05, 4.69) is 5.32 Å². The molecule has 0 aromatic heterocycles. The van der Waals surface area contributed by atoms with E-state index in [4.69, 9.17) is 0 Å². The van der Waals surface area contributed by atoms with Gasteiger partial charge >= 0.3 is 0 Å². The Bertz CT molecular complexity index is 441. The van der Waals surface area contributed by atoms with Crippen molar-refractivity contribution in [2.24, 2.45) is 5.92 Å². The zero-order valence-electron chi connectivity index (χ0n) is 10.5. The summed E-state index contributed by atoms with van der Waals surface area (Å²) < 4.78 is 26.7. The second-order valence-corrected chi connectivity index (χ2v) is 4.94. The minimum Gasteiger partial charge on any atom is -0.386 e. The molecule has 1 aromatic carbocycles. The summed E-state index contributed by atoms with van der Waals surface area (Å²) in [5.74, 6) is -1.15. The maximum atomic E-state index is 13.4. The number of amides is 1. The molecule has 2 N–H and O–H groups in total. The van der Waals surface area contributed by atoms with Crippen molar-refractivity contribution in [2.45, 2.75) is 31.8 Å². The van der Waals surface area contributed by atoms with Crippen LogP contribution in [0.5, 0.6) is 0 Å². The number of benzene rings is 1. The Morgan fingerprint density at radius 3 is 2.58 bits per heavy atom. The van der Waals surface area contributed by atoms with E-state index in [1.807, 2.05) is 0 Å². The molecule has 5 heteroatoms. The predicted octanol–water partition coefficient (Wildman–Crippen LogP) is 2.30. The van der Waals surface area contributed by atoms with Crippen molar-refractivity contribution in [3.8, 4) is 0 Å². The predicted molar refractivity (Wildman–Crippen MR) is 66.3 cm³/mol. The molecule has 1 amide bonds. The second kappa shape index (κ2) is 6.10. The Labute approximate surface area is 110 Å². The Balaban J connectivity index is 1.82. The van der Waals surface area contributed by atoms with Crippen LogP contribution in [0.15, 0.2) is 18.2 Å². The van der Waals surface area contributed by atoms with Crippen LogP contribution >= 0.6 is 0 Å². The van der Waals surface area contributed by atoms with Gasteiger partial charge in [-0.25, -0.2) is 8.78 Å². The first kappa shape index (κ1) is 13.9. The highest BCUT2D eigenvalue weighted by Crippen LogP contribution is 2.33. The number of hydrogen-bond donors (Lipinski definition) is 2. The summed E-state index contributed by atoms with van der Waals surface area (Å²) in [5, 5.41) is 12.2. The van der Waals surface area contributed by atoms with E-state index >= 15 is 0 Å². The van der Waals surface area contributed by atoms with E-state index in [9.17, 15) is 18.7 Å². The molecule has 0 bridgehead atoms. The molecular formula is C14H17F2NO2. The van der Waals surface area contributed by atoms with Gasteiger partial charge in [0.2, 0.25) is 5.91 Å². The van der Waals surface area contributed by atoms with Crippen LogP contribution in [0.2, 0.25) is 0 Å². The number of aliphatic hydroxyl groups excluding tert-OH is 1. The molecule has 2 rings (SSSR count). The lowest BCUT2D eigenvalue weighted by molar-refractivity contribution is -0.121. The van der Waals surface area contributed by atoms with Crippen molar-refractivity contribution >= 4 is 5.91 Å². The SMILES string of the molecule is O=C(CCC1CC1)NCC(O)c1c(F)cccc1F. The molecular weight excluding hydrogens is 252 g/mol. The van der Waals surface area contributed by atoms with Crippen LogP contribution in [0.1, 0.15) is 37.4 Å². The minimum absolute atomic E-state index is 0.179. The fourth-order valence-corrected chi connectivity index (χ4v) is 1.97. The lowest BCUT2D eigenvalue weighted by Gasteiger charge is -2.13. The fourth-order valence-electron chi connectivity index (χ4n) is 1.97. The van der Waals surface area contributed by atoms with Gasteiger partial charge in [0, 0.05) is 13.0 Å². The van der Waals surface area contributed by atoms with Crippen molar-refractivity contribution in [1.29, 1.82) is 0 Å². The molecule has 1 aliphatic carbocycles. The van der Waals surface area contributed by atoms with E-state index < -0.39 is 23.3 Å². The van der Waals surface area contributed by atoms with Crippen LogP contribution in [0.25, 0.3) is 0 Å². The zero-order valence-corrected chi connectivity index (χ0v) is 10.5. The Morgan fingerprint density at radius 1 is 1.37 bits per heavy atom. The molecule has 1 saturated carbocycles. The van der Waals surface area contributed by atoms with Crippen molar-refractivity contribution in [1.82, 2.24) is 5.32 Å². The standard InChI is InChI=1S/C14H17F2NO2/c15-10-2-1-3-11(16)14(10)12(18)8-17-13(19)7-6-9-4-5-9/h1-3,9,12,18H,4-8H2,(H,17,19). The third kappa shape index (κ3) is 3.99. The van der Waals surface area contributed by atoms with E-state index in [1.165, 1.54) is 18.9 Å². The highest BCUT2D eigenvalue weighted by Gasteiger charge is 2.22. The topological polar surface area (TPSA) is 49.3 Å². The smallest absolute Gasteiger partial charge is 0.220 e. The third-order valence-electron chi connectivity index (χ3n) is 3.30. The molecule has 0 aliphatic heterocycles. The normalized spacial score (nSPS) is 16.2. The average molecular weight is 269 g/mol. The van der Waals surface area contributed by atoms with Crippen LogP contribution in [-0.2, 0) is 4.79 Å². The molecule has 1 unspecified atom stereocenters. The van der Waals surface area contributed by atoms with Gasteiger partial charge in [-0.1, -0.05) is 18.9 Å². The number of aliphatic hydroxyl groups is 1. The molecule has 0 saturated heterocycles. The van der Waals surface area contributed by atoms with Crippen molar-refractivity contribution in [2.75, 3.05) is 6.54 Å². The lowest BCUT2D eigenvalue weighted by atomic mass is 10.1. The van der Waals surface area contributed by atoms with E-state index in [0.717, 1.165) is 18.6 Å². The Kier molecular flexibility index (Phi) is 4.47. The Hall–Kier alpha value is -1.49. The van der Waals surface area contributed by atoms with E-state index in [0.29, 0.717) is 12.3 Å². The zero-order chi connectivity index (χ0) is 13.8. The van der Waals surface area contributed by atoms with Gasteiger partial charge in [-0.15, -0.1) is 0 Å². The van der Waals surface area contributed by atoms with Gasteiger partial charge in [-0.05, 0) is 24.5 Å². The van der Waals surface area contributed by atoms with Crippen molar-refractivity contribution in [3.05, 3.63) is 35.4 Å². The van der Waals surface area contributed by atoms with Crippen LogP contribution in [0, 0.1) is 17.6 Å². The van der Waals surface area contributed by atoms with Crippen molar-refractivity contribution < 1.29 is 18.7 Å².